The number of carbonyl (C=O) groups excluding carboxylic acids is 1. The van der Waals surface area contributed by atoms with Gasteiger partial charge in [-0.2, -0.15) is 5.26 Å². The molecule has 1 fully saturated rings. The first-order chi connectivity index (χ1) is 12.9. The Kier molecular flexibility index (Phi) is 6.05. The van der Waals surface area contributed by atoms with Crippen molar-refractivity contribution in [3.63, 3.8) is 0 Å². The van der Waals surface area contributed by atoms with Gasteiger partial charge < -0.3 is 14.2 Å². The standard InChI is InChI=1S/C21H27FN2O4/c1-8-14-10-18(16(22)9-15(14)11-23)26-12-17-13(2)27-21(6,7)24(17)19(25)28-20(3,4)5/h8-10,13,17H,1,12H2,2-7H3/t13-,17-/m0/s1. The van der Waals surface area contributed by atoms with Gasteiger partial charge in [-0.05, 0) is 59.2 Å². The monoisotopic (exact) mass is 390 g/mol. The van der Waals surface area contributed by atoms with Crippen LogP contribution >= 0.6 is 0 Å². The molecule has 0 unspecified atom stereocenters. The number of ether oxygens (including phenoxy) is 3. The van der Waals surface area contributed by atoms with Crippen LogP contribution < -0.4 is 4.74 Å². The van der Waals surface area contributed by atoms with Crippen LogP contribution in [0.4, 0.5) is 9.18 Å². The van der Waals surface area contributed by atoms with Gasteiger partial charge in [0.1, 0.15) is 17.9 Å². The van der Waals surface area contributed by atoms with Crippen LogP contribution in [-0.2, 0) is 9.47 Å². The average Bonchev–Trinajstić information content (AvgIpc) is 2.79. The molecule has 7 heteroatoms. The number of carbonyl (C=O) groups is 1. The van der Waals surface area contributed by atoms with Crippen molar-refractivity contribution in [2.75, 3.05) is 6.61 Å². The van der Waals surface area contributed by atoms with E-state index in [1.165, 1.54) is 17.0 Å². The molecule has 6 nitrogen and oxygen atoms in total. The normalized spacial score (nSPS) is 21.1. The number of halogens is 1. The van der Waals surface area contributed by atoms with Gasteiger partial charge in [0.2, 0.25) is 0 Å². The molecule has 0 spiro atoms. The van der Waals surface area contributed by atoms with Gasteiger partial charge in [-0.1, -0.05) is 12.7 Å². The molecule has 28 heavy (non-hydrogen) atoms. The van der Waals surface area contributed by atoms with E-state index in [1.807, 2.05) is 13.0 Å². The molecule has 0 aliphatic carbocycles. The Morgan fingerprint density at radius 3 is 2.64 bits per heavy atom. The van der Waals surface area contributed by atoms with Crippen LogP contribution in [0.5, 0.6) is 5.75 Å². The Bertz CT molecular complexity index is 808. The Balaban J connectivity index is 2.25. The zero-order chi connectivity index (χ0) is 21.3. The molecule has 0 bridgehead atoms. The highest BCUT2D eigenvalue weighted by atomic mass is 19.1. The topological polar surface area (TPSA) is 71.8 Å². The third-order valence-corrected chi connectivity index (χ3v) is 4.37. The first-order valence-electron chi connectivity index (χ1n) is 9.08. The zero-order valence-electron chi connectivity index (χ0n) is 17.2. The van der Waals surface area contributed by atoms with Crippen molar-refractivity contribution in [3.05, 3.63) is 35.7 Å². The molecule has 1 heterocycles. The van der Waals surface area contributed by atoms with Crippen molar-refractivity contribution in [3.8, 4) is 11.8 Å². The maximum Gasteiger partial charge on any atom is 0.413 e. The summed E-state index contributed by atoms with van der Waals surface area (Å²) in [6, 6.07) is 3.97. The molecular weight excluding hydrogens is 363 g/mol. The number of hydrogen-bond acceptors (Lipinski definition) is 5. The number of benzene rings is 1. The molecule has 0 radical (unpaired) electrons. The number of hydrogen-bond donors (Lipinski definition) is 0. The van der Waals surface area contributed by atoms with E-state index in [0.29, 0.717) is 5.56 Å². The molecule has 0 aromatic heterocycles. The Labute approximate surface area is 165 Å². The van der Waals surface area contributed by atoms with E-state index in [-0.39, 0.29) is 24.0 Å². The summed E-state index contributed by atoms with van der Waals surface area (Å²) in [6.07, 6.45) is 0.591. The average molecular weight is 390 g/mol. The highest BCUT2D eigenvalue weighted by Crippen LogP contribution is 2.34. The molecule has 2 rings (SSSR count). The van der Waals surface area contributed by atoms with Crippen molar-refractivity contribution in [2.45, 2.75) is 65.0 Å². The SMILES string of the molecule is C=Cc1cc(OC[C@H]2[C@H](C)OC(C)(C)N2C(=O)OC(C)(C)C)c(F)cc1C#N. The van der Waals surface area contributed by atoms with Gasteiger partial charge in [-0.15, -0.1) is 0 Å². The second-order valence-corrected chi connectivity index (χ2v) is 8.18. The van der Waals surface area contributed by atoms with E-state index in [4.69, 9.17) is 19.5 Å². The van der Waals surface area contributed by atoms with Gasteiger partial charge in [0, 0.05) is 0 Å². The molecule has 1 saturated heterocycles. The fourth-order valence-corrected chi connectivity index (χ4v) is 3.20. The van der Waals surface area contributed by atoms with Crippen LogP contribution in [0.1, 0.15) is 52.7 Å². The van der Waals surface area contributed by atoms with Gasteiger partial charge in [0.05, 0.1) is 23.8 Å². The Morgan fingerprint density at radius 2 is 2.11 bits per heavy atom. The molecule has 1 aliphatic heterocycles. The van der Waals surface area contributed by atoms with Crippen LogP contribution in [0.15, 0.2) is 18.7 Å². The third-order valence-electron chi connectivity index (χ3n) is 4.37. The lowest BCUT2D eigenvalue weighted by atomic mass is 10.1. The summed E-state index contributed by atoms with van der Waals surface area (Å²) in [7, 11) is 0. The van der Waals surface area contributed by atoms with E-state index in [9.17, 15) is 9.18 Å². The largest absolute Gasteiger partial charge is 0.488 e. The van der Waals surface area contributed by atoms with Gasteiger partial charge >= 0.3 is 6.09 Å². The van der Waals surface area contributed by atoms with Crippen molar-refractivity contribution in [2.24, 2.45) is 0 Å². The molecule has 1 aliphatic rings. The molecular formula is C21H27FN2O4. The lowest BCUT2D eigenvalue weighted by Crippen LogP contribution is -2.52. The molecule has 1 amide bonds. The second kappa shape index (κ2) is 7.80. The summed E-state index contributed by atoms with van der Waals surface area (Å²) in [4.78, 5) is 14.2. The van der Waals surface area contributed by atoms with Crippen LogP contribution in [0, 0.1) is 17.1 Å². The van der Waals surface area contributed by atoms with Crippen molar-refractivity contribution >= 4 is 12.2 Å². The number of rotatable bonds is 4. The maximum absolute atomic E-state index is 14.3. The summed E-state index contributed by atoms with van der Waals surface area (Å²) in [5.41, 5.74) is -0.916. The van der Waals surface area contributed by atoms with Crippen LogP contribution in [0.3, 0.4) is 0 Å². The molecule has 1 aromatic carbocycles. The molecule has 0 saturated carbocycles. The number of nitriles is 1. The van der Waals surface area contributed by atoms with E-state index in [0.717, 1.165) is 6.07 Å². The third kappa shape index (κ3) is 4.63. The van der Waals surface area contributed by atoms with Crippen molar-refractivity contribution < 1.29 is 23.4 Å². The molecule has 152 valence electrons. The fraction of sp³-hybridized carbons (Fsp3) is 0.524. The predicted molar refractivity (Wildman–Crippen MR) is 103 cm³/mol. The van der Waals surface area contributed by atoms with Crippen LogP contribution in [-0.4, -0.2) is 41.1 Å². The van der Waals surface area contributed by atoms with Gasteiger partial charge in [0.15, 0.2) is 11.6 Å². The lowest BCUT2D eigenvalue weighted by Gasteiger charge is -2.35. The minimum atomic E-state index is -0.898. The minimum Gasteiger partial charge on any atom is -0.488 e. The maximum atomic E-state index is 14.3. The second-order valence-electron chi connectivity index (χ2n) is 8.18. The van der Waals surface area contributed by atoms with Crippen LogP contribution in [0.2, 0.25) is 0 Å². The molecule has 1 aromatic rings. The van der Waals surface area contributed by atoms with Crippen molar-refractivity contribution in [1.82, 2.24) is 4.90 Å². The van der Waals surface area contributed by atoms with E-state index in [2.05, 4.69) is 6.58 Å². The van der Waals surface area contributed by atoms with E-state index >= 15 is 0 Å². The van der Waals surface area contributed by atoms with Crippen LogP contribution in [0.25, 0.3) is 6.08 Å². The van der Waals surface area contributed by atoms with E-state index in [1.54, 1.807) is 34.6 Å². The summed E-state index contributed by atoms with van der Waals surface area (Å²) < 4.78 is 31.4. The van der Waals surface area contributed by atoms with E-state index < -0.39 is 29.3 Å². The van der Waals surface area contributed by atoms with Gasteiger partial charge in [-0.25, -0.2) is 9.18 Å². The molecule has 0 N–H and O–H groups in total. The summed E-state index contributed by atoms with van der Waals surface area (Å²) in [6.45, 7) is 14.3. The van der Waals surface area contributed by atoms with Gasteiger partial charge in [0.25, 0.3) is 0 Å². The Morgan fingerprint density at radius 1 is 1.46 bits per heavy atom. The fourth-order valence-electron chi connectivity index (χ4n) is 3.20. The first kappa shape index (κ1) is 21.7. The van der Waals surface area contributed by atoms with Crippen molar-refractivity contribution in [1.29, 1.82) is 5.26 Å². The highest BCUT2D eigenvalue weighted by Gasteiger charge is 2.50. The highest BCUT2D eigenvalue weighted by molar-refractivity contribution is 5.70. The smallest absolute Gasteiger partial charge is 0.413 e. The quantitative estimate of drug-likeness (QED) is 0.758. The molecule has 2 atom stereocenters. The number of nitrogens with zero attached hydrogens (tertiary/aromatic N) is 2. The summed E-state index contributed by atoms with van der Waals surface area (Å²) in [5, 5.41) is 9.07. The van der Waals surface area contributed by atoms with Gasteiger partial charge in [-0.3, -0.25) is 4.90 Å². The number of amides is 1. The zero-order valence-corrected chi connectivity index (χ0v) is 17.2. The summed E-state index contributed by atoms with van der Waals surface area (Å²) >= 11 is 0. The lowest BCUT2D eigenvalue weighted by molar-refractivity contribution is -0.0760. The minimum absolute atomic E-state index is 0.00322. The first-order valence-corrected chi connectivity index (χ1v) is 9.08. The predicted octanol–water partition coefficient (Wildman–Crippen LogP) is 4.48. The summed E-state index contributed by atoms with van der Waals surface area (Å²) in [5.74, 6) is -0.674. The Hall–Kier alpha value is -2.59.